The molecule has 0 radical (unpaired) electrons. The van der Waals surface area contributed by atoms with Crippen LogP contribution in [0.2, 0.25) is 0 Å². The first-order valence-corrected chi connectivity index (χ1v) is 5.56. The largest absolute Gasteiger partial charge is 0.481 e. The minimum Gasteiger partial charge on any atom is -0.481 e. The van der Waals surface area contributed by atoms with Crippen molar-refractivity contribution in [2.75, 3.05) is 0 Å². The first-order chi connectivity index (χ1) is 6.96. The maximum atomic E-state index is 11.0. The van der Waals surface area contributed by atoms with E-state index in [0.717, 1.165) is 12.8 Å². The topological polar surface area (TPSA) is 61.1 Å². The van der Waals surface area contributed by atoms with E-state index in [4.69, 9.17) is 10.4 Å². The Bertz CT molecular complexity index is 244. The van der Waals surface area contributed by atoms with E-state index in [0.29, 0.717) is 25.2 Å². The molecule has 2 atom stereocenters. The van der Waals surface area contributed by atoms with Gasteiger partial charge in [0.25, 0.3) is 0 Å². The second-order valence-corrected chi connectivity index (χ2v) is 4.56. The fourth-order valence-electron chi connectivity index (χ4n) is 1.46. The maximum Gasteiger partial charge on any atom is 0.309 e. The third-order valence-electron chi connectivity index (χ3n) is 3.23. The predicted molar refractivity (Wildman–Crippen MR) is 59.3 cm³/mol. The van der Waals surface area contributed by atoms with Crippen LogP contribution in [0.3, 0.4) is 0 Å². The van der Waals surface area contributed by atoms with Crippen molar-refractivity contribution in [1.82, 2.24) is 0 Å². The number of carboxylic acids is 1. The van der Waals surface area contributed by atoms with E-state index >= 15 is 0 Å². The summed E-state index contributed by atoms with van der Waals surface area (Å²) in [6.45, 7) is 5.79. The monoisotopic (exact) mass is 211 g/mol. The Morgan fingerprint density at radius 1 is 1.53 bits per heavy atom. The van der Waals surface area contributed by atoms with Crippen molar-refractivity contribution in [3.05, 3.63) is 0 Å². The molecule has 15 heavy (non-hydrogen) atoms. The van der Waals surface area contributed by atoms with Gasteiger partial charge in [-0.3, -0.25) is 4.79 Å². The molecule has 1 N–H and O–H groups in total. The van der Waals surface area contributed by atoms with E-state index in [2.05, 4.69) is 13.0 Å². The molecular weight excluding hydrogens is 190 g/mol. The number of aliphatic carboxylic acids is 1. The molecule has 0 rings (SSSR count). The summed E-state index contributed by atoms with van der Waals surface area (Å²) in [5.74, 6) is -0.271. The Balaban J connectivity index is 4.02. The van der Waals surface area contributed by atoms with Crippen LogP contribution in [0, 0.1) is 22.7 Å². The number of carboxylic acid groups (broad SMARTS) is 1. The highest BCUT2D eigenvalue weighted by molar-refractivity contribution is 5.73. The third kappa shape index (κ3) is 4.83. The minimum atomic E-state index is -0.711. The maximum absolute atomic E-state index is 11.0. The van der Waals surface area contributed by atoms with Gasteiger partial charge >= 0.3 is 5.97 Å². The van der Waals surface area contributed by atoms with Gasteiger partial charge in [0.05, 0.1) is 11.5 Å². The summed E-state index contributed by atoms with van der Waals surface area (Å²) in [6.07, 6.45) is 3.68. The Morgan fingerprint density at radius 2 is 2.13 bits per heavy atom. The van der Waals surface area contributed by atoms with Gasteiger partial charge in [0.15, 0.2) is 0 Å². The van der Waals surface area contributed by atoms with Gasteiger partial charge in [0, 0.05) is 6.42 Å². The number of hydrogen-bond acceptors (Lipinski definition) is 2. The molecule has 0 aromatic carbocycles. The fraction of sp³-hybridized carbons (Fsp3) is 0.833. The lowest BCUT2D eigenvalue weighted by atomic mass is 9.80. The zero-order valence-corrected chi connectivity index (χ0v) is 9.92. The molecule has 2 unspecified atom stereocenters. The molecule has 0 fully saturated rings. The van der Waals surface area contributed by atoms with Gasteiger partial charge in [-0.25, -0.2) is 0 Å². The number of carbonyl (C=O) groups is 1. The van der Waals surface area contributed by atoms with E-state index in [-0.39, 0.29) is 0 Å². The van der Waals surface area contributed by atoms with Crippen LogP contribution in [0.5, 0.6) is 0 Å². The first kappa shape index (κ1) is 14.0. The number of rotatable bonds is 7. The molecule has 0 aliphatic carbocycles. The molecule has 0 spiro atoms. The van der Waals surface area contributed by atoms with E-state index in [1.165, 1.54) is 0 Å². The van der Waals surface area contributed by atoms with E-state index < -0.39 is 11.4 Å². The molecule has 0 bridgehead atoms. The van der Waals surface area contributed by atoms with Crippen LogP contribution >= 0.6 is 0 Å². The zero-order chi connectivity index (χ0) is 11.9. The van der Waals surface area contributed by atoms with Crippen molar-refractivity contribution in [3.63, 3.8) is 0 Å². The standard InChI is InChI=1S/C12H21NO2/c1-4-12(3,11(14)15)8-7-10(2)6-5-9-13/h10H,4-8H2,1-3H3,(H,14,15). The molecule has 0 heterocycles. The summed E-state index contributed by atoms with van der Waals surface area (Å²) < 4.78 is 0. The summed E-state index contributed by atoms with van der Waals surface area (Å²) in [5, 5.41) is 17.5. The highest BCUT2D eigenvalue weighted by atomic mass is 16.4. The normalized spacial score (nSPS) is 16.4. The Labute approximate surface area is 92.1 Å². The summed E-state index contributed by atoms with van der Waals surface area (Å²) in [5.41, 5.74) is -0.596. The van der Waals surface area contributed by atoms with Crippen molar-refractivity contribution in [1.29, 1.82) is 5.26 Å². The SMILES string of the molecule is CCC(C)(CCC(C)CCC#N)C(=O)O. The molecular formula is C12H21NO2. The van der Waals surface area contributed by atoms with Crippen LogP contribution in [0.15, 0.2) is 0 Å². The molecule has 3 nitrogen and oxygen atoms in total. The number of nitriles is 1. The second-order valence-electron chi connectivity index (χ2n) is 4.56. The highest BCUT2D eigenvalue weighted by Crippen LogP contribution is 2.30. The van der Waals surface area contributed by atoms with Crippen LogP contribution in [0.1, 0.15) is 52.9 Å². The Hall–Kier alpha value is -1.04. The van der Waals surface area contributed by atoms with Crippen molar-refractivity contribution >= 4 is 5.97 Å². The van der Waals surface area contributed by atoms with Crippen LogP contribution in [0.4, 0.5) is 0 Å². The highest BCUT2D eigenvalue weighted by Gasteiger charge is 2.30. The molecule has 86 valence electrons. The lowest BCUT2D eigenvalue weighted by Crippen LogP contribution is -2.27. The molecule has 0 saturated heterocycles. The van der Waals surface area contributed by atoms with Crippen molar-refractivity contribution < 1.29 is 9.90 Å². The lowest BCUT2D eigenvalue weighted by Gasteiger charge is -2.24. The second kappa shape index (κ2) is 6.44. The van der Waals surface area contributed by atoms with Crippen molar-refractivity contribution in [3.8, 4) is 6.07 Å². The average Bonchev–Trinajstić information content (AvgIpc) is 2.22. The van der Waals surface area contributed by atoms with E-state index in [9.17, 15) is 4.79 Å². The molecule has 0 aromatic rings. The van der Waals surface area contributed by atoms with E-state index in [1.807, 2.05) is 6.92 Å². The summed E-state index contributed by atoms with van der Waals surface area (Å²) in [6, 6.07) is 2.12. The summed E-state index contributed by atoms with van der Waals surface area (Å²) in [4.78, 5) is 11.0. The minimum absolute atomic E-state index is 0.440. The number of hydrogen-bond donors (Lipinski definition) is 1. The molecule has 0 amide bonds. The molecule has 0 aliphatic rings. The van der Waals surface area contributed by atoms with Crippen molar-refractivity contribution in [2.45, 2.75) is 52.9 Å². The average molecular weight is 211 g/mol. The van der Waals surface area contributed by atoms with Crippen molar-refractivity contribution in [2.24, 2.45) is 11.3 Å². The zero-order valence-electron chi connectivity index (χ0n) is 9.92. The van der Waals surface area contributed by atoms with Gasteiger partial charge in [-0.1, -0.05) is 13.8 Å². The van der Waals surface area contributed by atoms with Crippen LogP contribution < -0.4 is 0 Å². The number of nitrogens with zero attached hydrogens (tertiary/aromatic N) is 1. The van der Waals surface area contributed by atoms with Gasteiger partial charge in [0.2, 0.25) is 0 Å². The van der Waals surface area contributed by atoms with Gasteiger partial charge in [-0.2, -0.15) is 5.26 Å². The molecule has 0 saturated carbocycles. The van der Waals surface area contributed by atoms with Gasteiger partial charge in [0.1, 0.15) is 0 Å². The van der Waals surface area contributed by atoms with Crippen LogP contribution in [-0.2, 0) is 4.79 Å². The summed E-state index contributed by atoms with van der Waals surface area (Å²) >= 11 is 0. The molecule has 0 aromatic heterocycles. The first-order valence-electron chi connectivity index (χ1n) is 5.56. The van der Waals surface area contributed by atoms with Gasteiger partial charge in [-0.15, -0.1) is 0 Å². The van der Waals surface area contributed by atoms with E-state index in [1.54, 1.807) is 6.92 Å². The predicted octanol–water partition coefficient (Wildman–Crippen LogP) is 3.21. The quantitative estimate of drug-likeness (QED) is 0.703. The van der Waals surface area contributed by atoms with Crippen LogP contribution in [-0.4, -0.2) is 11.1 Å². The summed E-state index contributed by atoms with van der Waals surface area (Å²) in [7, 11) is 0. The Kier molecular flexibility index (Phi) is 6.00. The van der Waals surface area contributed by atoms with Crippen LogP contribution in [0.25, 0.3) is 0 Å². The third-order valence-corrected chi connectivity index (χ3v) is 3.23. The van der Waals surface area contributed by atoms with Gasteiger partial charge < -0.3 is 5.11 Å². The van der Waals surface area contributed by atoms with Gasteiger partial charge in [-0.05, 0) is 38.5 Å². The smallest absolute Gasteiger partial charge is 0.309 e. The molecule has 0 aliphatic heterocycles. The Morgan fingerprint density at radius 3 is 2.53 bits per heavy atom. The molecule has 3 heteroatoms. The lowest BCUT2D eigenvalue weighted by molar-refractivity contribution is -0.148. The fourth-order valence-corrected chi connectivity index (χ4v) is 1.46.